The SMILES string of the molecule is CC(O)CCN(C)c1nnc(CCN)o1. The number of anilines is 1. The summed E-state index contributed by atoms with van der Waals surface area (Å²) in [7, 11) is 1.85. The van der Waals surface area contributed by atoms with Crippen molar-refractivity contribution in [1.82, 2.24) is 10.2 Å². The largest absolute Gasteiger partial charge is 0.408 e. The molecule has 1 unspecified atom stereocenters. The van der Waals surface area contributed by atoms with E-state index in [1.54, 1.807) is 6.92 Å². The molecule has 0 fully saturated rings. The molecule has 3 N–H and O–H groups in total. The molecule has 1 atom stereocenters. The Balaban J connectivity index is 2.46. The van der Waals surface area contributed by atoms with Crippen molar-refractivity contribution in [2.75, 3.05) is 25.0 Å². The molecule has 86 valence electrons. The van der Waals surface area contributed by atoms with E-state index in [2.05, 4.69) is 10.2 Å². The molecular weight excluding hydrogens is 196 g/mol. The molecule has 0 amide bonds. The first kappa shape index (κ1) is 11.9. The number of aliphatic hydroxyl groups is 1. The van der Waals surface area contributed by atoms with Crippen LogP contribution in [0.3, 0.4) is 0 Å². The monoisotopic (exact) mass is 214 g/mol. The van der Waals surface area contributed by atoms with E-state index in [1.165, 1.54) is 0 Å². The minimum absolute atomic E-state index is 0.320. The molecular formula is C9H18N4O2. The van der Waals surface area contributed by atoms with Crippen LogP contribution in [0.2, 0.25) is 0 Å². The van der Waals surface area contributed by atoms with Gasteiger partial charge in [-0.2, -0.15) is 0 Å². The summed E-state index contributed by atoms with van der Waals surface area (Å²) in [4.78, 5) is 1.82. The second-order valence-electron chi connectivity index (χ2n) is 3.58. The minimum Gasteiger partial charge on any atom is -0.408 e. The molecule has 1 rings (SSSR count). The Kier molecular flexibility index (Phi) is 4.51. The molecule has 6 heteroatoms. The average Bonchev–Trinajstić information content (AvgIpc) is 2.63. The highest BCUT2D eigenvalue weighted by atomic mass is 16.4. The molecule has 0 aliphatic carbocycles. The molecule has 0 aliphatic rings. The molecule has 6 nitrogen and oxygen atoms in total. The second-order valence-corrected chi connectivity index (χ2v) is 3.58. The Labute approximate surface area is 89.1 Å². The number of aliphatic hydroxyl groups excluding tert-OH is 1. The van der Waals surface area contributed by atoms with Crippen LogP contribution in [0.4, 0.5) is 6.01 Å². The molecule has 0 spiro atoms. The lowest BCUT2D eigenvalue weighted by molar-refractivity contribution is 0.186. The highest BCUT2D eigenvalue weighted by molar-refractivity contribution is 5.21. The average molecular weight is 214 g/mol. The van der Waals surface area contributed by atoms with Crippen molar-refractivity contribution in [1.29, 1.82) is 0 Å². The smallest absolute Gasteiger partial charge is 0.317 e. The molecule has 1 aromatic heterocycles. The summed E-state index contributed by atoms with van der Waals surface area (Å²) >= 11 is 0. The zero-order valence-corrected chi connectivity index (χ0v) is 9.18. The predicted octanol–water partition coefficient (Wildman–Crippen LogP) is -0.222. The number of nitrogens with two attached hydrogens (primary N) is 1. The van der Waals surface area contributed by atoms with E-state index in [1.807, 2.05) is 11.9 Å². The van der Waals surface area contributed by atoms with E-state index in [4.69, 9.17) is 15.3 Å². The number of nitrogens with zero attached hydrogens (tertiary/aromatic N) is 3. The highest BCUT2D eigenvalue weighted by Crippen LogP contribution is 2.11. The van der Waals surface area contributed by atoms with Crippen LogP contribution in [0.15, 0.2) is 4.42 Å². The second kappa shape index (κ2) is 5.67. The summed E-state index contributed by atoms with van der Waals surface area (Å²) in [5, 5.41) is 16.9. The topological polar surface area (TPSA) is 88.4 Å². The van der Waals surface area contributed by atoms with Crippen molar-refractivity contribution in [3.05, 3.63) is 5.89 Å². The van der Waals surface area contributed by atoms with Crippen LogP contribution in [0.25, 0.3) is 0 Å². The summed E-state index contributed by atoms with van der Waals surface area (Å²) < 4.78 is 5.36. The van der Waals surface area contributed by atoms with Gasteiger partial charge < -0.3 is 20.2 Å². The van der Waals surface area contributed by atoms with Gasteiger partial charge in [-0.1, -0.05) is 5.10 Å². The van der Waals surface area contributed by atoms with Gasteiger partial charge in [0.1, 0.15) is 0 Å². The van der Waals surface area contributed by atoms with E-state index in [-0.39, 0.29) is 6.10 Å². The van der Waals surface area contributed by atoms with Crippen molar-refractivity contribution in [3.8, 4) is 0 Å². The van der Waals surface area contributed by atoms with Crippen molar-refractivity contribution in [2.24, 2.45) is 5.73 Å². The molecule has 0 aromatic carbocycles. The van der Waals surface area contributed by atoms with Crippen molar-refractivity contribution < 1.29 is 9.52 Å². The van der Waals surface area contributed by atoms with Gasteiger partial charge in [-0.25, -0.2) is 0 Å². The lowest BCUT2D eigenvalue weighted by Gasteiger charge is -2.14. The van der Waals surface area contributed by atoms with Gasteiger partial charge in [0.25, 0.3) is 0 Å². The molecule has 0 radical (unpaired) electrons. The Morgan fingerprint density at radius 3 is 2.87 bits per heavy atom. The van der Waals surface area contributed by atoms with E-state index in [0.717, 1.165) is 0 Å². The molecule has 0 saturated carbocycles. The van der Waals surface area contributed by atoms with Crippen LogP contribution in [-0.4, -0.2) is 41.5 Å². The summed E-state index contributed by atoms with van der Waals surface area (Å²) in [5.41, 5.74) is 5.37. The van der Waals surface area contributed by atoms with Crippen LogP contribution in [0, 0.1) is 0 Å². The highest BCUT2D eigenvalue weighted by Gasteiger charge is 2.10. The quantitative estimate of drug-likeness (QED) is 0.680. The maximum absolute atomic E-state index is 9.13. The normalized spacial score (nSPS) is 12.8. The lowest BCUT2D eigenvalue weighted by atomic mass is 10.3. The lowest BCUT2D eigenvalue weighted by Crippen LogP contribution is -2.22. The standard InChI is InChI=1S/C9H18N4O2/c1-7(14)4-6-13(2)9-12-11-8(15-9)3-5-10/h7,14H,3-6,10H2,1-2H3. The van der Waals surface area contributed by atoms with Crippen LogP contribution in [-0.2, 0) is 6.42 Å². The molecule has 1 aromatic rings. The Hall–Kier alpha value is -1.14. The Bertz CT molecular complexity index is 287. The maximum atomic E-state index is 9.13. The summed E-state index contributed by atoms with van der Waals surface area (Å²) in [6.45, 7) is 2.93. The van der Waals surface area contributed by atoms with Crippen LogP contribution in [0.1, 0.15) is 19.2 Å². The molecule has 0 saturated heterocycles. The fourth-order valence-corrected chi connectivity index (χ4v) is 1.10. The first-order valence-corrected chi connectivity index (χ1v) is 5.05. The number of aromatic nitrogens is 2. The van der Waals surface area contributed by atoms with Gasteiger partial charge in [0.05, 0.1) is 6.10 Å². The Morgan fingerprint density at radius 1 is 1.53 bits per heavy atom. The molecule has 1 heterocycles. The first-order valence-electron chi connectivity index (χ1n) is 5.05. The van der Waals surface area contributed by atoms with E-state index in [0.29, 0.717) is 37.8 Å². The third-order valence-electron chi connectivity index (χ3n) is 2.02. The molecule has 0 aliphatic heterocycles. The van der Waals surface area contributed by atoms with Gasteiger partial charge in [0, 0.05) is 26.6 Å². The third-order valence-corrected chi connectivity index (χ3v) is 2.02. The third kappa shape index (κ3) is 3.85. The first-order chi connectivity index (χ1) is 7.13. The van der Waals surface area contributed by atoms with Gasteiger partial charge in [0.2, 0.25) is 5.89 Å². The fourth-order valence-electron chi connectivity index (χ4n) is 1.10. The van der Waals surface area contributed by atoms with Crippen LogP contribution in [0.5, 0.6) is 0 Å². The zero-order chi connectivity index (χ0) is 11.3. The number of hydrogen-bond donors (Lipinski definition) is 2. The van der Waals surface area contributed by atoms with Crippen LogP contribution >= 0.6 is 0 Å². The van der Waals surface area contributed by atoms with Crippen molar-refractivity contribution in [2.45, 2.75) is 25.9 Å². The van der Waals surface area contributed by atoms with Gasteiger partial charge in [-0.3, -0.25) is 0 Å². The Morgan fingerprint density at radius 2 is 2.27 bits per heavy atom. The minimum atomic E-state index is -0.320. The summed E-state index contributed by atoms with van der Waals surface area (Å²) in [6, 6.07) is 0.471. The van der Waals surface area contributed by atoms with E-state index in [9.17, 15) is 0 Å². The van der Waals surface area contributed by atoms with Crippen LogP contribution < -0.4 is 10.6 Å². The van der Waals surface area contributed by atoms with E-state index >= 15 is 0 Å². The predicted molar refractivity (Wildman–Crippen MR) is 56.6 cm³/mol. The number of hydrogen-bond acceptors (Lipinski definition) is 6. The van der Waals surface area contributed by atoms with Crippen molar-refractivity contribution >= 4 is 6.01 Å². The van der Waals surface area contributed by atoms with Gasteiger partial charge in [-0.15, -0.1) is 5.10 Å². The fraction of sp³-hybridized carbons (Fsp3) is 0.778. The zero-order valence-electron chi connectivity index (χ0n) is 9.18. The van der Waals surface area contributed by atoms with Gasteiger partial charge in [-0.05, 0) is 13.3 Å². The number of rotatable bonds is 6. The molecule has 0 bridgehead atoms. The summed E-state index contributed by atoms with van der Waals surface area (Å²) in [6.07, 6.45) is 0.946. The van der Waals surface area contributed by atoms with Crippen molar-refractivity contribution in [3.63, 3.8) is 0 Å². The van der Waals surface area contributed by atoms with Gasteiger partial charge >= 0.3 is 6.01 Å². The summed E-state index contributed by atoms with van der Waals surface area (Å²) in [5.74, 6) is 0.552. The van der Waals surface area contributed by atoms with E-state index < -0.39 is 0 Å². The molecule has 15 heavy (non-hydrogen) atoms. The van der Waals surface area contributed by atoms with Gasteiger partial charge in [0.15, 0.2) is 0 Å². The maximum Gasteiger partial charge on any atom is 0.317 e.